The molecule has 0 spiro atoms. The molecule has 1 fully saturated rings. The van der Waals surface area contributed by atoms with Gasteiger partial charge in [-0.3, -0.25) is 10.2 Å². The summed E-state index contributed by atoms with van der Waals surface area (Å²) in [4.78, 5) is 15.1. The fourth-order valence-corrected chi connectivity index (χ4v) is 6.14. The van der Waals surface area contributed by atoms with Crippen LogP contribution in [0.15, 0.2) is 93.7 Å². The molecule has 3 N–H and O–H groups in total. The minimum absolute atomic E-state index is 0.0258. The van der Waals surface area contributed by atoms with Crippen molar-refractivity contribution in [1.29, 1.82) is 5.41 Å². The lowest BCUT2D eigenvalue weighted by atomic mass is 9.60. The molecule has 38 heavy (non-hydrogen) atoms. The van der Waals surface area contributed by atoms with Crippen molar-refractivity contribution in [1.82, 2.24) is 0 Å². The summed E-state index contributed by atoms with van der Waals surface area (Å²) >= 11 is 1.41. The third-order valence-electron chi connectivity index (χ3n) is 7.46. The van der Waals surface area contributed by atoms with E-state index < -0.39 is 0 Å². The van der Waals surface area contributed by atoms with Gasteiger partial charge in [0.15, 0.2) is 11.5 Å². The van der Waals surface area contributed by atoms with Gasteiger partial charge in [-0.2, -0.15) is 0 Å². The van der Waals surface area contributed by atoms with Crippen LogP contribution in [0.1, 0.15) is 51.5 Å². The smallest absolute Gasteiger partial charge is 0.204 e. The Labute approximate surface area is 229 Å². The van der Waals surface area contributed by atoms with Crippen LogP contribution in [0.3, 0.4) is 0 Å². The number of hydrogen-bond acceptors (Lipinski definition) is 6. The molecule has 1 aromatic carbocycles. The number of benzene rings is 1. The molecule has 1 aliphatic carbocycles. The third kappa shape index (κ3) is 5.05. The molecule has 0 atom stereocenters. The summed E-state index contributed by atoms with van der Waals surface area (Å²) in [6.45, 7) is 13.3. The quantitative estimate of drug-likeness (QED) is 0.143. The Hall–Kier alpha value is -3.64. The molecule has 0 unspecified atom stereocenters. The summed E-state index contributed by atoms with van der Waals surface area (Å²) in [5.74, 6) is 0.593. The van der Waals surface area contributed by atoms with Crippen LogP contribution in [0.4, 0.5) is 5.88 Å². The van der Waals surface area contributed by atoms with Crippen molar-refractivity contribution in [3.8, 4) is 11.1 Å². The van der Waals surface area contributed by atoms with Crippen LogP contribution in [0, 0.1) is 10.8 Å². The summed E-state index contributed by atoms with van der Waals surface area (Å²) in [5, 5.41) is 11.0. The van der Waals surface area contributed by atoms with Crippen molar-refractivity contribution in [3.05, 3.63) is 100 Å². The lowest BCUT2D eigenvalue weighted by Gasteiger charge is -2.44. The van der Waals surface area contributed by atoms with Crippen LogP contribution < -0.4 is 16.1 Å². The van der Waals surface area contributed by atoms with Crippen LogP contribution in [0.5, 0.6) is 0 Å². The largest absolute Gasteiger partial charge is 0.439 e. The van der Waals surface area contributed by atoms with Gasteiger partial charge in [-0.15, -0.1) is 17.9 Å². The third-order valence-corrected chi connectivity index (χ3v) is 8.44. The van der Waals surface area contributed by atoms with E-state index in [9.17, 15) is 4.79 Å². The van der Waals surface area contributed by atoms with E-state index in [-0.39, 0.29) is 10.8 Å². The Kier molecular flexibility index (Phi) is 8.52. The van der Waals surface area contributed by atoms with E-state index in [1.807, 2.05) is 54.8 Å². The molecular weight excluding hydrogens is 490 g/mol. The van der Waals surface area contributed by atoms with E-state index in [1.54, 1.807) is 12.1 Å². The minimum atomic E-state index is -0.294. The Morgan fingerprint density at radius 2 is 1.97 bits per heavy atom. The van der Waals surface area contributed by atoms with Crippen molar-refractivity contribution in [2.45, 2.75) is 46.0 Å². The van der Waals surface area contributed by atoms with Crippen molar-refractivity contribution >= 4 is 33.2 Å². The fraction of sp³-hybridized carbons (Fsp3) is 0.312. The maximum absolute atomic E-state index is 13.0. The first kappa shape index (κ1) is 27.4. The van der Waals surface area contributed by atoms with Crippen molar-refractivity contribution in [3.63, 3.8) is 0 Å². The number of allylic oxidation sites excluding steroid dienone is 4. The van der Waals surface area contributed by atoms with Crippen LogP contribution >= 0.6 is 11.3 Å². The van der Waals surface area contributed by atoms with Gasteiger partial charge in [0, 0.05) is 41.2 Å². The first-order valence-electron chi connectivity index (χ1n) is 13.3. The second-order valence-electron chi connectivity index (χ2n) is 9.77. The summed E-state index contributed by atoms with van der Waals surface area (Å²) < 4.78 is 6.97. The van der Waals surface area contributed by atoms with Gasteiger partial charge in [-0.25, -0.2) is 0 Å². The van der Waals surface area contributed by atoms with Gasteiger partial charge in [0.25, 0.3) is 0 Å². The molecule has 2 aromatic heterocycles. The number of thiophene rings is 1. The summed E-state index contributed by atoms with van der Waals surface area (Å²) in [7, 11) is 0. The van der Waals surface area contributed by atoms with E-state index in [1.165, 1.54) is 11.3 Å². The first-order valence-corrected chi connectivity index (χ1v) is 14.1. The molecule has 4 rings (SSSR count). The van der Waals surface area contributed by atoms with Crippen molar-refractivity contribution < 1.29 is 4.42 Å². The first-order chi connectivity index (χ1) is 18.4. The van der Waals surface area contributed by atoms with Gasteiger partial charge in [-0.05, 0) is 49.3 Å². The molecule has 0 aliphatic heterocycles. The maximum atomic E-state index is 13.0. The zero-order valence-corrected chi connectivity index (χ0v) is 23.2. The lowest BCUT2D eigenvalue weighted by molar-refractivity contribution is 0.244. The molecule has 6 heteroatoms. The lowest BCUT2D eigenvalue weighted by Crippen LogP contribution is -2.39. The van der Waals surface area contributed by atoms with E-state index >= 15 is 0 Å². The minimum Gasteiger partial charge on any atom is -0.439 e. The maximum Gasteiger partial charge on any atom is 0.204 e. The number of rotatable bonds is 12. The monoisotopic (exact) mass is 527 g/mol. The number of nitrogens with one attached hydrogen (secondary N) is 1. The predicted octanol–water partition coefficient (Wildman–Crippen LogP) is 7.83. The van der Waals surface area contributed by atoms with Crippen LogP contribution in [-0.4, -0.2) is 18.8 Å². The number of fused-ring (bicyclic) bond motifs is 1. The summed E-state index contributed by atoms with van der Waals surface area (Å²) in [6, 6.07) is 9.53. The highest BCUT2D eigenvalue weighted by Gasteiger charge is 2.44. The highest BCUT2D eigenvalue weighted by Crippen LogP contribution is 2.51. The van der Waals surface area contributed by atoms with E-state index in [0.717, 1.165) is 73.2 Å². The standard InChI is InChI=1S/C32H37N3O2S/c1-5-9-19-35(18-7-3)28-20-26(36)31-30(37-28)24(21-38-31)22-12-14-23(15-13-22)29(34)25(11-6-2)32(16-10-17-32)27(33)8-4/h5-6,8,11-15,20-21,34H,1-2,7,9-10,16-19,33H2,3-4H3/b25-11-,27-8-,34-29?. The van der Waals surface area contributed by atoms with Crippen LogP contribution in [0.25, 0.3) is 21.4 Å². The molecule has 0 amide bonds. The fourth-order valence-electron chi connectivity index (χ4n) is 5.23. The number of hydrogen-bond donors (Lipinski definition) is 2. The van der Waals surface area contributed by atoms with E-state index in [0.29, 0.717) is 21.9 Å². The Bertz CT molecular complexity index is 1450. The second-order valence-corrected chi connectivity index (χ2v) is 10.6. The zero-order valence-electron chi connectivity index (χ0n) is 22.4. The summed E-state index contributed by atoms with van der Waals surface area (Å²) in [5.41, 5.74) is 11.6. The molecule has 2 heterocycles. The Morgan fingerprint density at radius 3 is 2.55 bits per heavy atom. The van der Waals surface area contributed by atoms with Gasteiger partial charge in [0.1, 0.15) is 4.70 Å². The molecule has 198 valence electrons. The highest BCUT2D eigenvalue weighted by molar-refractivity contribution is 7.17. The van der Waals surface area contributed by atoms with Crippen molar-refractivity contribution in [2.24, 2.45) is 11.1 Å². The molecule has 0 bridgehead atoms. The average Bonchev–Trinajstić information content (AvgIpc) is 3.34. The second kappa shape index (κ2) is 11.8. The number of nitrogens with zero attached hydrogens (tertiary/aromatic N) is 1. The van der Waals surface area contributed by atoms with Gasteiger partial charge in [0.2, 0.25) is 5.43 Å². The normalized spacial score (nSPS) is 15.2. The highest BCUT2D eigenvalue weighted by atomic mass is 32.1. The molecule has 0 saturated heterocycles. The van der Waals surface area contributed by atoms with Gasteiger partial charge in [0.05, 0.1) is 5.71 Å². The molecule has 0 radical (unpaired) electrons. The van der Waals surface area contributed by atoms with Gasteiger partial charge >= 0.3 is 0 Å². The molecule has 3 aromatic rings. The number of anilines is 1. The average molecular weight is 528 g/mol. The van der Waals surface area contributed by atoms with Gasteiger partial charge in [-0.1, -0.05) is 68.5 Å². The molecular formula is C32H37N3O2S. The Balaban J connectivity index is 1.69. The van der Waals surface area contributed by atoms with Crippen LogP contribution in [-0.2, 0) is 0 Å². The summed E-state index contributed by atoms with van der Waals surface area (Å²) in [6.07, 6.45) is 12.2. The van der Waals surface area contributed by atoms with Gasteiger partial charge < -0.3 is 15.1 Å². The van der Waals surface area contributed by atoms with Crippen molar-refractivity contribution in [2.75, 3.05) is 18.0 Å². The molecule has 1 aliphatic rings. The predicted molar refractivity (Wildman–Crippen MR) is 162 cm³/mol. The van der Waals surface area contributed by atoms with E-state index in [4.69, 9.17) is 15.6 Å². The molecule has 1 saturated carbocycles. The Morgan fingerprint density at radius 1 is 1.24 bits per heavy atom. The molecule has 5 nitrogen and oxygen atoms in total. The topological polar surface area (TPSA) is 83.3 Å². The van der Waals surface area contributed by atoms with Crippen LogP contribution in [0.2, 0.25) is 0 Å². The van der Waals surface area contributed by atoms with E-state index in [2.05, 4.69) is 25.0 Å². The number of nitrogens with two attached hydrogens (primary N) is 1. The zero-order chi connectivity index (χ0) is 27.3. The SMILES string of the molecule is C=C/C=C(/C(=N)c1ccc(-c2csc3c(=O)cc(N(CCC)CCC=C)oc23)cc1)C1(/C(N)=C/C)CCC1.